The molecule has 0 aromatic carbocycles. The van der Waals surface area contributed by atoms with Crippen LogP contribution in [0.1, 0.15) is 66.2 Å². The molecular formula is C18H33NO. The summed E-state index contributed by atoms with van der Waals surface area (Å²) in [5.74, 6) is 3.21. The molecule has 20 heavy (non-hydrogen) atoms. The first-order valence-electron chi connectivity index (χ1n) is 8.78. The van der Waals surface area contributed by atoms with Gasteiger partial charge in [-0.3, -0.25) is 9.69 Å². The Hall–Kier alpha value is -0.370. The van der Waals surface area contributed by atoms with Crippen molar-refractivity contribution in [2.75, 3.05) is 13.1 Å². The fourth-order valence-corrected chi connectivity index (χ4v) is 4.41. The van der Waals surface area contributed by atoms with Crippen LogP contribution in [-0.2, 0) is 4.79 Å². The third kappa shape index (κ3) is 3.84. The van der Waals surface area contributed by atoms with Crippen LogP contribution in [0.2, 0.25) is 0 Å². The van der Waals surface area contributed by atoms with Gasteiger partial charge in [-0.15, -0.1) is 0 Å². The third-order valence-electron chi connectivity index (χ3n) is 5.74. The first kappa shape index (κ1) is 16.0. The number of ketones is 1. The molecule has 1 heterocycles. The lowest BCUT2D eigenvalue weighted by Crippen LogP contribution is -2.49. The number of likely N-dealkylation sites (tertiary alicyclic amines) is 1. The molecule has 2 heteroatoms. The Morgan fingerprint density at radius 1 is 1.20 bits per heavy atom. The summed E-state index contributed by atoms with van der Waals surface area (Å²) in [4.78, 5) is 14.9. The molecule has 5 atom stereocenters. The highest BCUT2D eigenvalue weighted by atomic mass is 16.1. The molecule has 1 saturated carbocycles. The van der Waals surface area contributed by atoms with Crippen molar-refractivity contribution in [3.05, 3.63) is 0 Å². The Kier molecular flexibility index (Phi) is 5.65. The van der Waals surface area contributed by atoms with Crippen molar-refractivity contribution >= 4 is 5.78 Å². The summed E-state index contributed by atoms with van der Waals surface area (Å²) in [6.07, 6.45) is 7.05. The predicted octanol–water partition coefficient (Wildman–Crippen LogP) is 4.14. The zero-order valence-electron chi connectivity index (χ0n) is 13.9. The van der Waals surface area contributed by atoms with Gasteiger partial charge in [-0.1, -0.05) is 33.6 Å². The lowest BCUT2D eigenvalue weighted by molar-refractivity contribution is -0.127. The summed E-state index contributed by atoms with van der Waals surface area (Å²) in [6, 6.07) is 0.644. The molecule has 2 aliphatic rings. The van der Waals surface area contributed by atoms with Gasteiger partial charge in [0.2, 0.25) is 0 Å². The number of carbonyl (C=O) groups excluding carboxylic acids is 1. The molecule has 0 bridgehead atoms. The summed E-state index contributed by atoms with van der Waals surface area (Å²) >= 11 is 0. The van der Waals surface area contributed by atoms with E-state index in [-0.39, 0.29) is 0 Å². The average Bonchev–Trinajstić information content (AvgIpc) is 2.39. The Morgan fingerprint density at radius 2 is 1.95 bits per heavy atom. The topological polar surface area (TPSA) is 20.3 Å². The van der Waals surface area contributed by atoms with E-state index in [9.17, 15) is 4.79 Å². The van der Waals surface area contributed by atoms with Gasteiger partial charge in [0, 0.05) is 31.5 Å². The van der Waals surface area contributed by atoms with Gasteiger partial charge in [-0.25, -0.2) is 0 Å². The van der Waals surface area contributed by atoms with Crippen molar-refractivity contribution < 1.29 is 4.79 Å². The fraction of sp³-hybridized carbons (Fsp3) is 0.944. The van der Waals surface area contributed by atoms with E-state index in [1.54, 1.807) is 0 Å². The average molecular weight is 279 g/mol. The van der Waals surface area contributed by atoms with Crippen LogP contribution in [0.4, 0.5) is 0 Å². The molecular weight excluding hydrogens is 246 g/mol. The molecule has 1 saturated heterocycles. The maximum absolute atomic E-state index is 12.3. The van der Waals surface area contributed by atoms with Crippen molar-refractivity contribution in [3.63, 3.8) is 0 Å². The van der Waals surface area contributed by atoms with E-state index in [0.29, 0.717) is 17.7 Å². The summed E-state index contributed by atoms with van der Waals surface area (Å²) < 4.78 is 0. The maximum Gasteiger partial charge on any atom is 0.137 e. The number of carbonyl (C=O) groups is 1. The van der Waals surface area contributed by atoms with Crippen molar-refractivity contribution in [1.29, 1.82) is 0 Å². The lowest BCUT2D eigenvalue weighted by Gasteiger charge is -2.43. The molecule has 2 rings (SSSR count). The van der Waals surface area contributed by atoms with Crippen LogP contribution in [0.3, 0.4) is 0 Å². The smallest absolute Gasteiger partial charge is 0.137 e. The molecule has 0 N–H and O–H groups in total. The molecule has 0 amide bonds. The zero-order chi connectivity index (χ0) is 14.7. The molecule has 0 aromatic rings. The Balaban J connectivity index is 1.94. The van der Waals surface area contributed by atoms with Gasteiger partial charge in [0.15, 0.2) is 0 Å². The van der Waals surface area contributed by atoms with E-state index in [1.807, 2.05) is 0 Å². The Labute approximate surface area is 125 Å². The monoisotopic (exact) mass is 279 g/mol. The maximum atomic E-state index is 12.3. The number of piperidine rings is 1. The summed E-state index contributed by atoms with van der Waals surface area (Å²) in [5.41, 5.74) is 0. The molecule has 2 fully saturated rings. The Morgan fingerprint density at radius 3 is 2.65 bits per heavy atom. The van der Waals surface area contributed by atoms with Crippen LogP contribution in [-0.4, -0.2) is 29.8 Å². The van der Waals surface area contributed by atoms with E-state index in [2.05, 4.69) is 32.6 Å². The van der Waals surface area contributed by atoms with Crippen LogP contribution in [0.15, 0.2) is 0 Å². The van der Waals surface area contributed by atoms with Gasteiger partial charge < -0.3 is 0 Å². The molecule has 1 aliphatic heterocycles. The highest BCUT2D eigenvalue weighted by Gasteiger charge is 2.34. The van der Waals surface area contributed by atoms with Gasteiger partial charge in [0.1, 0.15) is 5.78 Å². The second-order valence-corrected chi connectivity index (χ2v) is 7.60. The van der Waals surface area contributed by atoms with E-state index in [1.165, 1.54) is 25.8 Å². The quantitative estimate of drug-likeness (QED) is 0.771. The van der Waals surface area contributed by atoms with E-state index >= 15 is 0 Å². The second-order valence-electron chi connectivity index (χ2n) is 7.60. The predicted molar refractivity (Wildman–Crippen MR) is 84.7 cm³/mol. The molecule has 0 spiro atoms. The van der Waals surface area contributed by atoms with E-state index < -0.39 is 0 Å². The lowest BCUT2D eigenvalue weighted by atomic mass is 9.77. The molecule has 0 radical (unpaired) electrons. The molecule has 116 valence electrons. The molecule has 1 aliphatic carbocycles. The first-order valence-corrected chi connectivity index (χ1v) is 8.78. The zero-order valence-corrected chi connectivity index (χ0v) is 13.9. The molecule has 5 unspecified atom stereocenters. The van der Waals surface area contributed by atoms with Gasteiger partial charge in [0.05, 0.1) is 0 Å². The largest absolute Gasteiger partial charge is 0.299 e. The van der Waals surface area contributed by atoms with Crippen molar-refractivity contribution in [3.8, 4) is 0 Å². The van der Waals surface area contributed by atoms with Crippen LogP contribution in [0.5, 0.6) is 0 Å². The molecule has 2 nitrogen and oxygen atoms in total. The van der Waals surface area contributed by atoms with Crippen LogP contribution in [0, 0.1) is 23.7 Å². The number of Topliss-reactive ketones (excluding diaryl/α,β-unsaturated/α-hetero) is 1. The normalized spacial score (nSPS) is 40.0. The van der Waals surface area contributed by atoms with Crippen molar-refractivity contribution in [2.45, 2.75) is 72.3 Å². The fourth-order valence-electron chi connectivity index (χ4n) is 4.41. The standard InChI is InChI=1S/C18H33NO/c1-5-6-16-7-8-18(20)17(10-16)12-19-11-13(2)9-14(3)15(19)4/h13-17H,5-12H2,1-4H3. The SMILES string of the molecule is CCCC1CCC(=O)C(CN2CC(C)CC(C)C2C)C1. The minimum atomic E-state index is 0.320. The van der Waals surface area contributed by atoms with Crippen LogP contribution >= 0.6 is 0 Å². The Bertz CT molecular complexity index is 327. The summed E-state index contributed by atoms with van der Waals surface area (Å²) in [7, 11) is 0. The first-order chi connectivity index (χ1) is 9.51. The minimum Gasteiger partial charge on any atom is -0.299 e. The number of hydrogen-bond donors (Lipinski definition) is 0. The van der Waals surface area contributed by atoms with Gasteiger partial charge in [-0.2, -0.15) is 0 Å². The number of nitrogens with zero attached hydrogens (tertiary/aromatic N) is 1. The highest BCUT2D eigenvalue weighted by molar-refractivity contribution is 5.82. The molecule has 0 aromatic heterocycles. The highest BCUT2D eigenvalue weighted by Crippen LogP contribution is 2.33. The van der Waals surface area contributed by atoms with E-state index in [0.717, 1.165) is 43.6 Å². The number of rotatable bonds is 4. The van der Waals surface area contributed by atoms with E-state index in [4.69, 9.17) is 0 Å². The van der Waals surface area contributed by atoms with Crippen LogP contribution in [0.25, 0.3) is 0 Å². The summed E-state index contributed by atoms with van der Waals surface area (Å²) in [5, 5.41) is 0. The van der Waals surface area contributed by atoms with Gasteiger partial charge >= 0.3 is 0 Å². The van der Waals surface area contributed by atoms with Crippen LogP contribution < -0.4 is 0 Å². The van der Waals surface area contributed by atoms with Gasteiger partial charge in [-0.05, 0) is 43.9 Å². The van der Waals surface area contributed by atoms with Gasteiger partial charge in [0.25, 0.3) is 0 Å². The third-order valence-corrected chi connectivity index (χ3v) is 5.74. The van der Waals surface area contributed by atoms with Crippen molar-refractivity contribution in [1.82, 2.24) is 4.90 Å². The minimum absolute atomic E-state index is 0.320. The second kappa shape index (κ2) is 7.06. The summed E-state index contributed by atoms with van der Waals surface area (Å²) in [6.45, 7) is 11.6. The van der Waals surface area contributed by atoms with Crippen molar-refractivity contribution in [2.24, 2.45) is 23.7 Å². The number of hydrogen-bond acceptors (Lipinski definition) is 2.